The largest absolute Gasteiger partial charge is 0.480 e. The number of rotatable bonds is 10. The number of hydrogen-bond donors (Lipinski definition) is 2. The van der Waals surface area contributed by atoms with E-state index < -0.39 is 28.6 Å². The topological polar surface area (TPSA) is 119 Å². The fraction of sp³-hybridized carbons (Fsp3) is 0.778. The van der Waals surface area contributed by atoms with Crippen LogP contribution in [0.4, 0.5) is 0 Å². The molecule has 0 aliphatic heterocycles. The first-order chi connectivity index (χ1) is 8.37. The highest BCUT2D eigenvalue weighted by atomic mass is 32.2. The Morgan fingerprint density at radius 2 is 2.00 bits per heavy atom. The number of aliphatic carboxylic acids is 1. The molecular weight excluding hydrogens is 266 g/mol. The van der Waals surface area contributed by atoms with Crippen LogP contribution in [0.5, 0.6) is 0 Å². The monoisotopic (exact) mass is 283 g/mol. The zero-order valence-electron chi connectivity index (χ0n) is 10.0. The standard InChI is InChI=1S/C9H17NO7S/c1-2-17-9(13)3-6-18(14,15)10-4-5-16-7-8(11)12/h10H,2-7H2,1H3,(H,11,12). The maximum Gasteiger partial charge on any atom is 0.329 e. The van der Waals surface area contributed by atoms with Crippen LogP contribution < -0.4 is 4.72 Å². The molecule has 9 heteroatoms. The smallest absolute Gasteiger partial charge is 0.329 e. The van der Waals surface area contributed by atoms with E-state index in [4.69, 9.17) is 5.11 Å². The van der Waals surface area contributed by atoms with E-state index in [0.717, 1.165) is 0 Å². The molecular formula is C9H17NO7S. The van der Waals surface area contributed by atoms with Crippen LogP contribution in [0.25, 0.3) is 0 Å². The van der Waals surface area contributed by atoms with Gasteiger partial charge < -0.3 is 14.6 Å². The highest BCUT2D eigenvalue weighted by Crippen LogP contribution is 1.92. The molecule has 0 fully saturated rings. The Morgan fingerprint density at radius 3 is 2.56 bits per heavy atom. The zero-order chi connectivity index (χ0) is 14.0. The van der Waals surface area contributed by atoms with Crippen molar-refractivity contribution in [2.45, 2.75) is 13.3 Å². The minimum atomic E-state index is -3.57. The van der Waals surface area contributed by atoms with Gasteiger partial charge in [-0.2, -0.15) is 0 Å². The molecule has 0 aliphatic carbocycles. The van der Waals surface area contributed by atoms with E-state index in [1.165, 1.54) is 0 Å². The van der Waals surface area contributed by atoms with Gasteiger partial charge in [-0.05, 0) is 6.92 Å². The number of carbonyl (C=O) groups excluding carboxylic acids is 1. The fourth-order valence-corrected chi connectivity index (χ4v) is 1.93. The van der Waals surface area contributed by atoms with E-state index in [2.05, 4.69) is 14.2 Å². The summed E-state index contributed by atoms with van der Waals surface area (Å²) in [6.07, 6.45) is -0.223. The molecule has 0 amide bonds. The number of carbonyl (C=O) groups is 2. The fourth-order valence-electron chi connectivity index (χ4n) is 0.952. The van der Waals surface area contributed by atoms with Crippen molar-refractivity contribution in [3.05, 3.63) is 0 Å². The molecule has 0 aromatic heterocycles. The lowest BCUT2D eigenvalue weighted by Crippen LogP contribution is -2.31. The Labute approximate surface area is 105 Å². The van der Waals surface area contributed by atoms with E-state index in [1.807, 2.05) is 0 Å². The van der Waals surface area contributed by atoms with Gasteiger partial charge in [-0.3, -0.25) is 4.79 Å². The maximum atomic E-state index is 11.3. The van der Waals surface area contributed by atoms with Crippen LogP contribution in [0.2, 0.25) is 0 Å². The summed E-state index contributed by atoms with van der Waals surface area (Å²) in [7, 11) is -3.57. The van der Waals surface area contributed by atoms with Crippen LogP contribution in [0.1, 0.15) is 13.3 Å². The van der Waals surface area contributed by atoms with Crippen molar-refractivity contribution in [1.29, 1.82) is 0 Å². The van der Waals surface area contributed by atoms with Crippen molar-refractivity contribution < 1.29 is 32.6 Å². The second-order valence-corrected chi connectivity index (χ2v) is 5.14. The minimum absolute atomic E-state index is 0.0432. The molecule has 0 saturated heterocycles. The van der Waals surface area contributed by atoms with E-state index in [9.17, 15) is 18.0 Å². The third-order valence-electron chi connectivity index (χ3n) is 1.67. The SMILES string of the molecule is CCOC(=O)CCS(=O)(=O)NCCOCC(=O)O. The maximum absolute atomic E-state index is 11.3. The first-order valence-electron chi connectivity index (χ1n) is 5.30. The molecule has 0 radical (unpaired) electrons. The number of carboxylic acid groups (broad SMARTS) is 1. The van der Waals surface area contributed by atoms with Gasteiger partial charge in [-0.25, -0.2) is 17.9 Å². The lowest BCUT2D eigenvalue weighted by atomic mass is 10.5. The van der Waals surface area contributed by atoms with Crippen LogP contribution >= 0.6 is 0 Å². The van der Waals surface area contributed by atoms with Gasteiger partial charge in [0.1, 0.15) is 6.61 Å². The van der Waals surface area contributed by atoms with Crippen LogP contribution in [-0.4, -0.2) is 57.6 Å². The Morgan fingerprint density at radius 1 is 1.33 bits per heavy atom. The van der Waals surface area contributed by atoms with Gasteiger partial charge in [0.05, 0.1) is 25.4 Å². The lowest BCUT2D eigenvalue weighted by molar-refractivity contribution is -0.143. The molecule has 8 nitrogen and oxygen atoms in total. The summed E-state index contributed by atoms with van der Waals surface area (Å²) in [5, 5.41) is 8.25. The molecule has 2 N–H and O–H groups in total. The first kappa shape index (κ1) is 16.8. The minimum Gasteiger partial charge on any atom is -0.480 e. The number of carboxylic acids is 1. The lowest BCUT2D eigenvalue weighted by Gasteiger charge is -2.06. The molecule has 0 unspecified atom stereocenters. The molecule has 0 spiro atoms. The van der Waals surface area contributed by atoms with Gasteiger partial charge in [0.15, 0.2) is 0 Å². The molecule has 0 aromatic rings. The van der Waals surface area contributed by atoms with Gasteiger partial charge in [-0.1, -0.05) is 0 Å². The molecule has 0 bridgehead atoms. The predicted octanol–water partition coefficient (Wildman–Crippen LogP) is -1.04. The summed E-state index contributed by atoms with van der Waals surface area (Å²) in [6, 6.07) is 0. The number of nitrogens with one attached hydrogen (secondary N) is 1. The Balaban J connectivity index is 3.74. The zero-order valence-corrected chi connectivity index (χ0v) is 10.9. The Bertz CT molecular complexity index is 365. The van der Waals surface area contributed by atoms with Crippen molar-refractivity contribution in [3.8, 4) is 0 Å². The van der Waals surface area contributed by atoms with E-state index in [-0.39, 0.29) is 31.9 Å². The second kappa shape index (κ2) is 8.84. The van der Waals surface area contributed by atoms with Gasteiger partial charge >= 0.3 is 11.9 Å². The van der Waals surface area contributed by atoms with Crippen molar-refractivity contribution in [1.82, 2.24) is 4.72 Å². The van der Waals surface area contributed by atoms with E-state index >= 15 is 0 Å². The number of ether oxygens (including phenoxy) is 2. The molecule has 0 heterocycles. The Kier molecular flexibility index (Phi) is 8.25. The van der Waals surface area contributed by atoms with Crippen molar-refractivity contribution in [2.75, 3.05) is 32.1 Å². The summed E-state index contributed by atoms with van der Waals surface area (Å²) in [5.41, 5.74) is 0. The molecule has 0 saturated carbocycles. The normalized spacial score (nSPS) is 11.2. The molecule has 0 atom stereocenters. The summed E-state index contributed by atoms with van der Waals surface area (Å²) in [6.45, 7) is 1.26. The van der Waals surface area contributed by atoms with E-state index in [1.54, 1.807) is 6.92 Å². The van der Waals surface area contributed by atoms with Crippen molar-refractivity contribution >= 4 is 22.0 Å². The van der Waals surface area contributed by atoms with Crippen molar-refractivity contribution in [2.24, 2.45) is 0 Å². The molecule has 18 heavy (non-hydrogen) atoms. The second-order valence-electron chi connectivity index (χ2n) is 3.21. The third-order valence-corrected chi connectivity index (χ3v) is 3.06. The Hall–Kier alpha value is -1.19. The summed E-state index contributed by atoms with van der Waals surface area (Å²) < 4.78 is 34.1. The van der Waals surface area contributed by atoms with Crippen molar-refractivity contribution in [3.63, 3.8) is 0 Å². The predicted molar refractivity (Wildman–Crippen MR) is 61.5 cm³/mol. The number of hydrogen-bond acceptors (Lipinski definition) is 6. The van der Waals surface area contributed by atoms with Crippen LogP contribution in [0.3, 0.4) is 0 Å². The molecule has 106 valence electrons. The summed E-state index contributed by atoms with van der Waals surface area (Å²) in [5.74, 6) is -2.07. The van der Waals surface area contributed by atoms with E-state index in [0.29, 0.717) is 0 Å². The molecule has 0 rings (SSSR count). The number of sulfonamides is 1. The van der Waals surface area contributed by atoms with Gasteiger partial charge in [-0.15, -0.1) is 0 Å². The van der Waals surface area contributed by atoms with Crippen LogP contribution in [0, 0.1) is 0 Å². The molecule has 0 aromatic carbocycles. The highest BCUT2D eigenvalue weighted by molar-refractivity contribution is 7.89. The first-order valence-corrected chi connectivity index (χ1v) is 6.95. The average molecular weight is 283 g/mol. The van der Waals surface area contributed by atoms with Gasteiger partial charge in [0, 0.05) is 6.54 Å². The van der Waals surface area contributed by atoms with Gasteiger partial charge in [0.25, 0.3) is 0 Å². The average Bonchev–Trinajstić information content (AvgIpc) is 2.26. The molecule has 0 aliphatic rings. The highest BCUT2D eigenvalue weighted by Gasteiger charge is 2.13. The van der Waals surface area contributed by atoms with Crippen LogP contribution in [-0.2, 0) is 29.1 Å². The summed E-state index contributed by atoms with van der Waals surface area (Å²) >= 11 is 0. The van der Waals surface area contributed by atoms with Gasteiger partial charge in [0.2, 0.25) is 10.0 Å². The van der Waals surface area contributed by atoms with Crippen LogP contribution in [0.15, 0.2) is 0 Å². The quantitative estimate of drug-likeness (QED) is 0.388. The third kappa shape index (κ3) is 10.00. The summed E-state index contributed by atoms with van der Waals surface area (Å²) in [4.78, 5) is 21.0. The number of esters is 1.